The third-order valence-electron chi connectivity index (χ3n) is 5.20. The van der Waals surface area contributed by atoms with Gasteiger partial charge in [0.05, 0.1) is 16.6 Å². The van der Waals surface area contributed by atoms with E-state index in [0.717, 1.165) is 60.9 Å². The molecule has 0 aliphatic carbocycles. The molecule has 2 heterocycles. The van der Waals surface area contributed by atoms with Crippen molar-refractivity contribution in [3.63, 3.8) is 0 Å². The zero-order valence-electron chi connectivity index (χ0n) is 17.9. The fourth-order valence-electron chi connectivity index (χ4n) is 3.58. The van der Waals surface area contributed by atoms with Crippen LogP contribution in [0.25, 0.3) is 6.08 Å². The Kier molecular flexibility index (Phi) is 8.61. The zero-order chi connectivity index (χ0) is 22.1. The van der Waals surface area contributed by atoms with Gasteiger partial charge in [0.2, 0.25) is 11.8 Å². The summed E-state index contributed by atoms with van der Waals surface area (Å²) in [5.41, 5.74) is 7.23. The highest BCUT2D eigenvalue weighted by molar-refractivity contribution is 7.09. The van der Waals surface area contributed by atoms with E-state index >= 15 is 0 Å². The van der Waals surface area contributed by atoms with Crippen LogP contribution < -0.4 is 15.8 Å². The van der Waals surface area contributed by atoms with E-state index in [2.05, 4.69) is 15.2 Å². The number of aromatic nitrogens is 1. The predicted octanol–water partition coefficient (Wildman–Crippen LogP) is 2.75. The molecule has 2 amide bonds. The molecule has 3 rings (SSSR count). The first-order chi connectivity index (χ1) is 15.0. The van der Waals surface area contributed by atoms with Gasteiger partial charge < -0.3 is 20.7 Å². The number of rotatable bonds is 10. The minimum Gasteiger partial charge on any atom is -0.487 e. The molecule has 7 nitrogen and oxygen atoms in total. The molecule has 0 saturated carbocycles. The van der Waals surface area contributed by atoms with E-state index in [1.165, 1.54) is 6.08 Å². The second-order valence-corrected chi connectivity index (χ2v) is 8.80. The van der Waals surface area contributed by atoms with Crippen LogP contribution >= 0.6 is 11.3 Å². The van der Waals surface area contributed by atoms with E-state index in [4.69, 9.17) is 10.5 Å². The van der Waals surface area contributed by atoms with Crippen LogP contribution in [0.3, 0.4) is 0 Å². The Balaban J connectivity index is 1.37. The summed E-state index contributed by atoms with van der Waals surface area (Å²) in [6.07, 6.45) is 6.02. The fourth-order valence-corrected chi connectivity index (χ4v) is 4.17. The van der Waals surface area contributed by atoms with Crippen molar-refractivity contribution in [1.29, 1.82) is 0 Å². The number of amides is 2. The fraction of sp³-hybridized carbons (Fsp3) is 0.435. The van der Waals surface area contributed by atoms with E-state index in [1.807, 2.05) is 36.6 Å². The summed E-state index contributed by atoms with van der Waals surface area (Å²) >= 11 is 1.60. The summed E-state index contributed by atoms with van der Waals surface area (Å²) in [6, 6.07) is 7.61. The van der Waals surface area contributed by atoms with E-state index < -0.39 is 0 Å². The quantitative estimate of drug-likeness (QED) is 0.436. The van der Waals surface area contributed by atoms with Crippen LogP contribution in [0.2, 0.25) is 0 Å². The third kappa shape index (κ3) is 7.80. The average molecular weight is 443 g/mol. The standard InChI is InChI=1S/C23H30N4O3S/c1-17-26-20(16-31-17)15-30-21-7-2-5-18(13-21)8-9-22(28)25-10-4-12-27-11-3-6-19(14-27)23(24)29/h2,5,7-9,13,16,19H,3-4,6,10-12,14-15H2,1H3,(H2,24,29)(H,25,28)/b9-8+. The summed E-state index contributed by atoms with van der Waals surface area (Å²) in [6.45, 7) is 5.55. The van der Waals surface area contributed by atoms with Crippen LogP contribution in [-0.2, 0) is 16.2 Å². The van der Waals surface area contributed by atoms with Crippen LogP contribution in [0.15, 0.2) is 35.7 Å². The van der Waals surface area contributed by atoms with Gasteiger partial charge in [-0.1, -0.05) is 12.1 Å². The molecule has 1 aliphatic heterocycles. The first-order valence-electron chi connectivity index (χ1n) is 10.6. The van der Waals surface area contributed by atoms with Gasteiger partial charge in [-0.25, -0.2) is 4.98 Å². The smallest absolute Gasteiger partial charge is 0.243 e. The zero-order valence-corrected chi connectivity index (χ0v) is 18.7. The number of nitrogens with one attached hydrogen (secondary N) is 1. The number of nitrogens with two attached hydrogens (primary N) is 1. The lowest BCUT2D eigenvalue weighted by atomic mass is 9.97. The molecule has 2 aromatic rings. The normalized spacial score (nSPS) is 17.0. The van der Waals surface area contributed by atoms with E-state index in [0.29, 0.717) is 13.2 Å². The van der Waals surface area contributed by atoms with Gasteiger partial charge in [-0.05, 0) is 63.0 Å². The lowest BCUT2D eigenvalue weighted by Crippen LogP contribution is -2.42. The monoisotopic (exact) mass is 442 g/mol. The van der Waals surface area contributed by atoms with E-state index in [9.17, 15) is 9.59 Å². The van der Waals surface area contributed by atoms with Gasteiger partial charge in [-0.2, -0.15) is 0 Å². The lowest BCUT2D eigenvalue weighted by molar-refractivity contribution is -0.123. The minimum absolute atomic E-state index is 0.0448. The Morgan fingerprint density at radius 2 is 2.29 bits per heavy atom. The molecule has 166 valence electrons. The van der Waals surface area contributed by atoms with Crippen molar-refractivity contribution in [2.45, 2.75) is 32.8 Å². The van der Waals surface area contributed by atoms with Crippen LogP contribution in [0.4, 0.5) is 0 Å². The van der Waals surface area contributed by atoms with Gasteiger partial charge in [0, 0.05) is 24.5 Å². The molecule has 1 aromatic heterocycles. The second-order valence-electron chi connectivity index (χ2n) is 7.74. The Bertz CT molecular complexity index is 912. The minimum atomic E-state index is -0.212. The molecular weight excluding hydrogens is 412 g/mol. The SMILES string of the molecule is Cc1nc(COc2cccc(/C=C/C(=O)NCCCN3CCCC(C(N)=O)C3)c2)cs1. The molecule has 1 aliphatic rings. The maximum Gasteiger partial charge on any atom is 0.243 e. The molecule has 1 aromatic carbocycles. The molecule has 1 unspecified atom stereocenters. The number of hydrogen-bond acceptors (Lipinski definition) is 6. The average Bonchev–Trinajstić information content (AvgIpc) is 3.19. The summed E-state index contributed by atoms with van der Waals surface area (Å²) in [4.78, 5) is 30.1. The predicted molar refractivity (Wildman–Crippen MR) is 123 cm³/mol. The van der Waals surface area contributed by atoms with Crippen molar-refractivity contribution >= 4 is 29.2 Å². The van der Waals surface area contributed by atoms with Gasteiger partial charge in [-0.3, -0.25) is 9.59 Å². The van der Waals surface area contributed by atoms with Gasteiger partial charge >= 0.3 is 0 Å². The molecule has 31 heavy (non-hydrogen) atoms. The third-order valence-corrected chi connectivity index (χ3v) is 6.02. The molecule has 1 saturated heterocycles. The van der Waals surface area contributed by atoms with Gasteiger partial charge in [0.25, 0.3) is 0 Å². The summed E-state index contributed by atoms with van der Waals surface area (Å²) in [5, 5.41) is 5.92. The molecule has 0 spiro atoms. The van der Waals surface area contributed by atoms with Crippen molar-refractivity contribution < 1.29 is 14.3 Å². The number of primary amides is 1. The van der Waals surface area contributed by atoms with Crippen LogP contribution in [-0.4, -0.2) is 47.9 Å². The highest BCUT2D eigenvalue weighted by Gasteiger charge is 2.23. The molecule has 0 radical (unpaired) electrons. The molecular formula is C23H30N4O3S. The Morgan fingerprint density at radius 1 is 1.42 bits per heavy atom. The number of thiazole rings is 1. The number of nitrogens with zero attached hydrogens (tertiary/aromatic N) is 2. The molecule has 3 N–H and O–H groups in total. The van der Waals surface area contributed by atoms with Crippen LogP contribution in [0.1, 0.15) is 35.5 Å². The van der Waals surface area contributed by atoms with Crippen molar-refractivity contribution in [3.8, 4) is 5.75 Å². The number of ether oxygens (including phenoxy) is 1. The highest BCUT2D eigenvalue weighted by atomic mass is 32.1. The lowest BCUT2D eigenvalue weighted by Gasteiger charge is -2.31. The van der Waals surface area contributed by atoms with Crippen LogP contribution in [0.5, 0.6) is 5.75 Å². The van der Waals surface area contributed by atoms with Gasteiger partial charge in [0.15, 0.2) is 0 Å². The molecule has 0 bridgehead atoms. The van der Waals surface area contributed by atoms with Crippen LogP contribution in [0, 0.1) is 12.8 Å². The van der Waals surface area contributed by atoms with Crippen molar-refractivity contribution in [3.05, 3.63) is 52.0 Å². The first kappa shape index (κ1) is 23.0. The van der Waals surface area contributed by atoms with Crippen molar-refractivity contribution in [2.75, 3.05) is 26.2 Å². The number of piperidine rings is 1. The number of aryl methyl sites for hydroxylation is 1. The van der Waals surface area contributed by atoms with Gasteiger partial charge in [0.1, 0.15) is 12.4 Å². The van der Waals surface area contributed by atoms with Crippen molar-refractivity contribution in [1.82, 2.24) is 15.2 Å². The summed E-state index contributed by atoms with van der Waals surface area (Å²) in [5.74, 6) is 0.356. The Labute approximate surface area is 187 Å². The highest BCUT2D eigenvalue weighted by Crippen LogP contribution is 2.17. The number of benzene rings is 1. The maximum absolute atomic E-state index is 12.1. The molecule has 1 fully saturated rings. The van der Waals surface area contributed by atoms with E-state index in [1.54, 1.807) is 17.4 Å². The van der Waals surface area contributed by atoms with Gasteiger partial charge in [-0.15, -0.1) is 11.3 Å². The number of carbonyl (C=O) groups excluding carboxylic acids is 2. The number of carbonyl (C=O) groups is 2. The largest absolute Gasteiger partial charge is 0.487 e. The Morgan fingerprint density at radius 3 is 3.06 bits per heavy atom. The maximum atomic E-state index is 12.1. The number of likely N-dealkylation sites (tertiary alicyclic amines) is 1. The second kappa shape index (κ2) is 11.6. The Hall–Kier alpha value is -2.71. The van der Waals surface area contributed by atoms with Crippen molar-refractivity contribution in [2.24, 2.45) is 11.7 Å². The summed E-state index contributed by atoms with van der Waals surface area (Å²) in [7, 11) is 0. The topological polar surface area (TPSA) is 97.6 Å². The number of hydrogen-bond donors (Lipinski definition) is 2. The molecule has 8 heteroatoms. The first-order valence-corrected chi connectivity index (χ1v) is 11.5. The van der Waals surface area contributed by atoms with E-state index in [-0.39, 0.29) is 17.7 Å². The molecule has 1 atom stereocenters. The summed E-state index contributed by atoms with van der Waals surface area (Å²) < 4.78 is 5.79.